The van der Waals surface area contributed by atoms with Gasteiger partial charge in [0.15, 0.2) is 0 Å². The normalized spacial score (nSPS) is 12.9. The van der Waals surface area contributed by atoms with Gasteiger partial charge in [0.1, 0.15) is 0 Å². The van der Waals surface area contributed by atoms with Gasteiger partial charge in [0.05, 0.1) is 36.1 Å². The number of thiophene rings is 1. The van der Waals surface area contributed by atoms with Crippen molar-refractivity contribution < 1.29 is 4.74 Å². The Bertz CT molecular complexity index is 545. The van der Waals surface area contributed by atoms with Crippen molar-refractivity contribution in [2.75, 3.05) is 13.7 Å². The van der Waals surface area contributed by atoms with Crippen LogP contribution in [0.1, 0.15) is 27.1 Å². The lowest BCUT2D eigenvalue weighted by Gasteiger charge is -2.13. The van der Waals surface area contributed by atoms with Crippen LogP contribution in [0, 0.1) is 13.8 Å². The Hall–Kier alpha value is -0.880. The summed E-state index contributed by atoms with van der Waals surface area (Å²) in [4.78, 5) is 2.39. The Morgan fingerprint density at radius 3 is 2.84 bits per heavy atom. The van der Waals surface area contributed by atoms with E-state index in [2.05, 4.69) is 25.0 Å². The lowest BCUT2D eigenvalue weighted by atomic mass is 10.1. The third-order valence-electron chi connectivity index (χ3n) is 3.13. The van der Waals surface area contributed by atoms with Crippen LogP contribution in [0.4, 0.5) is 0 Å². The maximum atomic E-state index is 6.34. The van der Waals surface area contributed by atoms with E-state index in [4.69, 9.17) is 22.1 Å². The minimum Gasteiger partial charge on any atom is -0.383 e. The minimum atomic E-state index is -0.246. The smallest absolute Gasteiger partial charge is 0.0838 e. The molecule has 2 N–H and O–H groups in total. The van der Waals surface area contributed by atoms with E-state index >= 15 is 0 Å². The SMILES string of the molecule is COCCn1ncc(Cl)c1C(N)c1cc(C)c(C)s1. The van der Waals surface area contributed by atoms with Gasteiger partial charge >= 0.3 is 0 Å². The Morgan fingerprint density at radius 1 is 1.53 bits per heavy atom. The number of aromatic nitrogens is 2. The van der Waals surface area contributed by atoms with Gasteiger partial charge in [-0.05, 0) is 25.5 Å². The highest BCUT2D eigenvalue weighted by Gasteiger charge is 2.20. The highest BCUT2D eigenvalue weighted by molar-refractivity contribution is 7.12. The van der Waals surface area contributed by atoms with E-state index in [-0.39, 0.29) is 6.04 Å². The summed E-state index contributed by atoms with van der Waals surface area (Å²) < 4.78 is 6.90. The Morgan fingerprint density at radius 2 is 2.26 bits per heavy atom. The molecule has 0 aromatic carbocycles. The van der Waals surface area contributed by atoms with Crippen molar-refractivity contribution in [2.45, 2.75) is 26.4 Å². The summed E-state index contributed by atoms with van der Waals surface area (Å²) in [5, 5.41) is 4.86. The maximum absolute atomic E-state index is 6.34. The molecule has 0 fully saturated rings. The minimum absolute atomic E-state index is 0.246. The van der Waals surface area contributed by atoms with E-state index < -0.39 is 0 Å². The van der Waals surface area contributed by atoms with Crippen LogP contribution < -0.4 is 5.73 Å². The van der Waals surface area contributed by atoms with Gasteiger partial charge in [0.25, 0.3) is 0 Å². The van der Waals surface area contributed by atoms with Crippen molar-refractivity contribution in [3.05, 3.63) is 38.3 Å². The van der Waals surface area contributed by atoms with Gasteiger partial charge < -0.3 is 10.5 Å². The molecule has 2 rings (SSSR count). The third kappa shape index (κ3) is 3.00. The molecule has 0 saturated heterocycles. The number of methoxy groups -OCH3 is 1. The highest BCUT2D eigenvalue weighted by atomic mass is 35.5. The summed E-state index contributed by atoms with van der Waals surface area (Å²) in [6.07, 6.45) is 1.64. The average molecular weight is 300 g/mol. The van der Waals surface area contributed by atoms with Gasteiger partial charge in [0.2, 0.25) is 0 Å². The number of nitrogens with zero attached hydrogens (tertiary/aromatic N) is 2. The van der Waals surface area contributed by atoms with E-state index in [1.807, 2.05) is 4.68 Å². The number of rotatable bonds is 5. The van der Waals surface area contributed by atoms with Crippen LogP contribution in [0.15, 0.2) is 12.3 Å². The number of ether oxygens (including phenoxy) is 1. The van der Waals surface area contributed by atoms with Crippen LogP contribution in [-0.4, -0.2) is 23.5 Å². The number of aryl methyl sites for hydroxylation is 2. The molecule has 0 spiro atoms. The molecule has 0 aliphatic heterocycles. The van der Waals surface area contributed by atoms with Crippen LogP contribution in [0.2, 0.25) is 5.02 Å². The molecule has 6 heteroatoms. The zero-order valence-corrected chi connectivity index (χ0v) is 12.9. The lowest BCUT2D eigenvalue weighted by molar-refractivity contribution is 0.182. The third-order valence-corrected chi connectivity index (χ3v) is 4.65. The van der Waals surface area contributed by atoms with Crippen LogP contribution in [0.3, 0.4) is 0 Å². The van der Waals surface area contributed by atoms with Gasteiger partial charge in [-0.15, -0.1) is 11.3 Å². The van der Waals surface area contributed by atoms with Gasteiger partial charge in [-0.3, -0.25) is 4.68 Å². The maximum Gasteiger partial charge on any atom is 0.0838 e. The van der Waals surface area contributed by atoms with E-state index in [1.54, 1.807) is 24.6 Å². The molecule has 19 heavy (non-hydrogen) atoms. The topological polar surface area (TPSA) is 53.1 Å². The zero-order chi connectivity index (χ0) is 14.0. The van der Waals surface area contributed by atoms with E-state index in [1.165, 1.54) is 10.4 Å². The van der Waals surface area contributed by atoms with E-state index in [0.717, 1.165) is 10.6 Å². The summed E-state index contributed by atoms with van der Waals surface area (Å²) in [6, 6.07) is 1.87. The molecule has 104 valence electrons. The number of hydrogen-bond donors (Lipinski definition) is 1. The van der Waals surface area contributed by atoms with Gasteiger partial charge in [-0.25, -0.2) is 0 Å². The molecule has 0 amide bonds. The summed E-state index contributed by atoms with van der Waals surface area (Å²) >= 11 is 7.92. The van der Waals surface area contributed by atoms with Crippen LogP contribution >= 0.6 is 22.9 Å². The fourth-order valence-corrected chi connectivity index (χ4v) is 3.23. The molecule has 0 aliphatic rings. The monoisotopic (exact) mass is 299 g/mol. The number of halogens is 1. The number of hydrogen-bond acceptors (Lipinski definition) is 4. The first kappa shape index (κ1) is 14.5. The summed E-state index contributed by atoms with van der Waals surface area (Å²) in [7, 11) is 1.66. The molecule has 1 unspecified atom stereocenters. The lowest BCUT2D eigenvalue weighted by Crippen LogP contribution is -2.18. The van der Waals surface area contributed by atoms with Crippen molar-refractivity contribution >= 4 is 22.9 Å². The molecule has 2 aromatic heterocycles. The molecule has 2 heterocycles. The fourth-order valence-electron chi connectivity index (χ4n) is 1.93. The first-order valence-corrected chi connectivity index (χ1v) is 7.26. The van der Waals surface area contributed by atoms with Crippen LogP contribution in [-0.2, 0) is 11.3 Å². The molecule has 0 aliphatic carbocycles. The Kier molecular flexibility index (Phi) is 4.62. The van der Waals surface area contributed by atoms with Crippen LogP contribution in [0.25, 0.3) is 0 Å². The van der Waals surface area contributed by atoms with Crippen molar-refractivity contribution in [2.24, 2.45) is 5.73 Å². The average Bonchev–Trinajstić information content (AvgIpc) is 2.90. The molecular weight excluding hydrogens is 282 g/mol. The Balaban J connectivity index is 2.32. The molecule has 0 bridgehead atoms. The largest absolute Gasteiger partial charge is 0.383 e. The standard InChI is InChI=1S/C13H18ClN3OS/c1-8-6-11(19-9(8)2)12(15)13-10(14)7-16-17(13)4-5-18-3/h6-7,12H,4-5,15H2,1-3H3. The van der Waals surface area contributed by atoms with E-state index in [0.29, 0.717) is 18.2 Å². The molecule has 0 radical (unpaired) electrons. The van der Waals surface area contributed by atoms with Crippen molar-refractivity contribution in [3.8, 4) is 0 Å². The molecule has 0 saturated carbocycles. The summed E-state index contributed by atoms with van der Waals surface area (Å²) in [5.74, 6) is 0. The summed E-state index contributed by atoms with van der Waals surface area (Å²) in [6.45, 7) is 5.42. The van der Waals surface area contributed by atoms with E-state index in [9.17, 15) is 0 Å². The zero-order valence-electron chi connectivity index (χ0n) is 11.3. The molecule has 1 atom stereocenters. The van der Waals surface area contributed by atoms with Crippen molar-refractivity contribution in [3.63, 3.8) is 0 Å². The molecule has 4 nitrogen and oxygen atoms in total. The summed E-state index contributed by atoms with van der Waals surface area (Å²) in [5.41, 5.74) is 8.45. The predicted octanol–water partition coefficient (Wildman–Crippen LogP) is 2.91. The highest BCUT2D eigenvalue weighted by Crippen LogP contribution is 2.32. The van der Waals surface area contributed by atoms with Crippen molar-refractivity contribution in [1.29, 1.82) is 0 Å². The van der Waals surface area contributed by atoms with Gasteiger partial charge in [-0.2, -0.15) is 5.10 Å². The quantitative estimate of drug-likeness (QED) is 0.923. The first-order valence-electron chi connectivity index (χ1n) is 6.07. The van der Waals surface area contributed by atoms with Gasteiger partial charge in [-0.1, -0.05) is 11.6 Å². The Labute approximate surface area is 122 Å². The van der Waals surface area contributed by atoms with Gasteiger partial charge in [0, 0.05) is 16.9 Å². The van der Waals surface area contributed by atoms with Crippen LogP contribution in [0.5, 0.6) is 0 Å². The number of nitrogens with two attached hydrogens (primary N) is 1. The van der Waals surface area contributed by atoms with Crippen molar-refractivity contribution in [1.82, 2.24) is 9.78 Å². The molecular formula is C13H18ClN3OS. The second kappa shape index (κ2) is 6.05. The first-order chi connectivity index (χ1) is 9.04. The second-order valence-corrected chi connectivity index (χ2v) is 6.15. The predicted molar refractivity (Wildman–Crippen MR) is 78.9 cm³/mol. The molecule has 2 aromatic rings. The fraction of sp³-hybridized carbons (Fsp3) is 0.462. The second-order valence-electron chi connectivity index (χ2n) is 4.46.